The Morgan fingerprint density at radius 3 is 2.33 bits per heavy atom. The SMILES string of the molecule is O=S(=O)(c1ccc(Cl)cc1)N1CC(N2CCc3ccccc3C2)C1. The van der Waals surface area contributed by atoms with Crippen molar-refractivity contribution in [3.63, 3.8) is 0 Å². The van der Waals surface area contributed by atoms with Crippen LogP contribution in [0.2, 0.25) is 5.02 Å². The molecule has 0 atom stereocenters. The zero-order valence-electron chi connectivity index (χ0n) is 13.2. The zero-order valence-corrected chi connectivity index (χ0v) is 14.8. The van der Waals surface area contributed by atoms with Gasteiger partial charge >= 0.3 is 0 Å². The fraction of sp³-hybridized carbons (Fsp3) is 0.333. The number of halogens is 1. The van der Waals surface area contributed by atoms with Crippen LogP contribution in [0.3, 0.4) is 0 Å². The summed E-state index contributed by atoms with van der Waals surface area (Å²) in [5.74, 6) is 0. The highest BCUT2D eigenvalue weighted by molar-refractivity contribution is 7.89. The van der Waals surface area contributed by atoms with Gasteiger partial charge in [-0.25, -0.2) is 8.42 Å². The second-order valence-corrected chi connectivity index (χ2v) is 8.79. The molecule has 1 fully saturated rings. The lowest BCUT2D eigenvalue weighted by atomic mass is 9.97. The molecule has 24 heavy (non-hydrogen) atoms. The molecule has 4 rings (SSSR count). The maximum atomic E-state index is 12.6. The van der Waals surface area contributed by atoms with Crippen molar-refractivity contribution in [1.82, 2.24) is 9.21 Å². The van der Waals surface area contributed by atoms with E-state index in [-0.39, 0.29) is 0 Å². The van der Waals surface area contributed by atoms with E-state index in [1.807, 2.05) is 0 Å². The number of hydrogen-bond donors (Lipinski definition) is 0. The normalized spacial score (nSPS) is 19.7. The van der Waals surface area contributed by atoms with Gasteiger partial charge in [-0.2, -0.15) is 4.31 Å². The number of fused-ring (bicyclic) bond motifs is 1. The lowest BCUT2D eigenvalue weighted by Crippen LogP contribution is -2.61. The van der Waals surface area contributed by atoms with Crippen LogP contribution in [0.15, 0.2) is 53.4 Å². The van der Waals surface area contributed by atoms with Crippen molar-refractivity contribution in [3.05, 3.63) is 64.7 Å². The Balaban J connectivity index is 1.42. The van der Waals surface area contributed by atoms with E-state index in [1.165, 1.54) is 11.1 Å². The van der Waals surface area contributed by atoms with E-state index >= 15 is 0 Å². The summed E-state index contributed by atoms with van der Waals surface area (Å²) in [5.41, 5.74) is 2.78. The van der Waals surface area contributed by atoms with E-state index in [0.29, 0.717) is 29.0 Å². The van der Waals surface area contributed by atoms with Crippen LogP contribution in [0.4, 0.5) is 0 Å². The maximum Gasteiger partial charge on any atom is 0.243 e. The van der Waals surface area contributed by atoms with Gasteiger partial charge in [-0.3, -0.25) is 4.90 Å². The first-order valence-electron chi connectivity index (χ1n) is 8.10. The molecule has 0 aliphatic carbocycles. The summed E-state index contributed by atoms with van der Waals surface area (Å²) < 4.78 is 26.8. The predicted octanol–water partition coefficient (Wildman–Crippen LogP) is 2.77. The zero-order chi connectivity index (χ0) is 16.7. The standard InChI is InChI=1S/C18H19ClN2O2S/c19-16-5-7-18(8-6-16)24(22,23)21-12-17(13-21)20-10-9-14-3-1-2-4-15(14)11-20/h1-8,17H,9-13H2. The van der Waals surface area contributed by atoms with Gasteiger partial charge in [0.2, 0.25) is 10.0 Å². The Labute approximate surface area is 147 Å². The van der Waals surface area contributed by atoms with Crippen molar-refractivity contribution < 1.29 is 8.42 Å². The third kappa shape index (κ3) is 2.86. The Hall–Kier alpha value is -1.40. The molecule has 0 radical (unpaired) electrons. The van der Waals surface area contributed by atoms with Crippen molar-refractivity contribution in [1.29, 1.82) is 0 Å². The van der Waals surface area contributed by atoms with Crippen LogP contribution in [0.25, 0.3) is 0 Å². The van der Waals surface area contributed by atoms with Gasteiger partial charge in [0.05, 0.1) is 4.90 Å². The predicted molar refractivity (Wildman–Crippen MR) is 94.6 cm³/mol. The lowest BCUT2D eigenvalue weighted by Gasteiger charge is -2.46. The van der Waals surface area contributed by atoms with Gasteiger partial charge in [-0.05, 0) is 41.8 Å². The van der Waals surface area contributed by atoms with Gasteiger partial charge < -0.3 is 0 Å². The van der Waals surface area contributed by atoms with Gasteiger partial charge in [0.1, 0.15) is 0 Å². The summed E-state index contributed by atoms with van der Waals surface area (Å²) in [5, 5.41) is 0.544. The molecule has 1 saturated heterocycles. The quantitative estimate of drug-likeness (QED) is 0.843. The highest BCUT2D eigenvalue weighted by Gasteiger charge is 2.40. The molecule has 126 valence electrons. The lowest BCUT2D eigenvalue weighted by molar-refractivity contribution is 0.0769. The first-order chi connectivity index (χ1) is 11.5. The molecule has 2 aromatic carbocycles. The van der Waals surface area contributed by atoms with Crippen LogP contribution in [0, 0.1) is 0 Å². The Kier molecular flexibility index (Phi) is 4.12. The molecule has 0 aromatic heterocycles. The molecule has 4 nitrogen and oxygen atoms in total. The average Bonchev–Trinajstić information content (AvgIpc) is 2.53. The number of sulfonamides is 1. The van der Waals surface area contributed by atoms with Gasteiger partial charge in [-0.15, -0.1) is 0 Å². The molecule has 6 heteroatoms. The van der Waals surface area contributed by atoms with Crippen LogP contribution in [0.5, 0.6) is 0 Å². The average molecular weight is 363 g/mol. The van der Waals surface area contributed by atoms with Crippen LogP contribution >= 0.6 is 11.6 Å². The molecular weight excluding hydrogens is 344 g/mol. The van der Waals surface area contributed by atoms with Crippen molar-refractivity contribution in [2.24, 2.45) is 0 Å². The van der Waals surface area contributed by atoms with Gasteiger partial charge in [0, 0.05) is 37.2 Å². The van der Waals surface area contributed by atoms with Crippen LogP contribution < -0.4 is 0 Å². The van der Waals surface area contributed by atoms with E-state index in [4.69, 9.17) is 11.6 Å². The van der Waals surface area contributed by atoms with Gasteiger partial charge in [0.15, 0.2) is 0 Å². The van der Waals surface area contributed by atoms with E-state index in [2.05, 4.69) is 29.2 Å². The summed E-state index contributed by atoms with van der Waals surface area (Å²) in [6.45, 7) is 3.03. The van der Waals surface area contributed by atoms with Gasteiger partial charge in [-0.1, -0.05) is 35.9 Å². The maximum absolute atomic E-state index is 12.6. The molecule has 0 unspecified atom stereocenters. The summed E-state index contributed by atoms with van der Waals surface area (Å²) in [7, 11) is -3.40. The fourth-order valence-corrected chi connectivity index (χ4v) is 5.07. The van der Waals surface area contributed by atoms with Crippen LogP contribution in [0.1, 0.15) is 11.1 Å². The number of benzene rings is 2. The largest absolute Gasteiger partial charge is 0.293 e. The van der Waals surface area contributed by atoms with Crippen molar-refractivity contribution in [2.45, 2.75) is 23.9 Å². The first kappa shape index (κ1) is 16.1. The molecule has 0 spiro atoms. The van der Waals surface area contributed by atoms with Crippen molar-refractivity contribution in [2.75, 3.05) is 19.6 Å². The fourth-order valence-electron chi connectivity index (χ4n) is 3.43. The summed E-state index contributed by atoms with van der Waals surface area (Å²) in [6.07, 6.45) is 1.04. The second-order valence-electron chi connectivity index (χ2n) is 6.42. The topological polar surface area (TPSA) is 40.6 Å². The minimum atomic E-state index is -3.40. The number of nitrogens with zero attached hydrogens (tertiary/aromatic N) is 2. The smallest absolute Gasteiger partial charge is 0.243 e. The van der Waals surface area contributed by atoms with E-state index in [9.17, 15) is 8.42 Å². The van der Waals surface area contributed by atoms with Gasteiger partial charge in [0.25, 0.3) is 0 Å². The van der Waals surface area contributed by atoms with Crippen LogP contribution in [-0.4, -0.2) is 43.3 Å². The molecular formula is C18H19ClN2O2S. The molecule has 2 aromatic rings. The minimum absolute atomic E-state index is 0.306. The molecule has 2 aliphatic heterocycles. The Morgan fingerprint density at radius 2 is 1.62 bits per heavy atom. The highest BCUT2D eigenvalue weighted by Crippen LogP contribution is 2.28. The van der Waals surface area contributed by atoms with E-state index in [1.54, 1.807) is 28.6 Å². The number of hydrogen-bond acceptors (Lipinski definition) is 3. The second kappa shape index (κ2) is 6.15. The summed E-state index contributed by atoms with van der Waals surface area (Å²) in [6, 6.07) is 15.2. The summed E-state index contributed by atoms with van der Waals surface area (Å²) >= 11 is 5.84. The number of rotatable bonds is 3. The molecule has 0 saturated carbocycles. The molecule has 0 bridgehead atoms. The van der Waals surface area contributed by atoms with Crippen molar-refractivity contribution >= 4 is 21.6 Å². The first-order valence-corrected chi connectivity index (χ1v) is 9.92. The van der Waals surface area contributed by atoms with Crippen molar-refractivity contribution in [3.8, 4) is 0 Å². The van der Waals surface area contributed by atoms with E-state index < -0.39 is 10.0 Å². The Morgan fingerprint density at radius 1 is 0.958 bits per heavy atom. The summed E-state index contributed by atoms with van der Waals surface area (Å²) in [4.78, 5) is 2.71. The highest BCUT2D eigenvalue weighted by atomic mass is 35.5. The van der Waals surface area contributed by atoms with Crippen LogP contribution in [-0.2, 0) is 23.0 Å². The third-order valence-electron chi connectivity index (χ3n) is 4.96. The molecule has 2 heterocycles. The Bertz CT molecular complexity index is 846. The molecule has 0 amide bonds. The minimum Gasteiger partial charge on any atom is -0.293 e. The molecule has 0 N–H and O–H groups in total. The monoisotopic (exact) mass is 362 g/mol. The third-order valence-corrected chi connectivity index (χ3v) is 7.05. The molecule has 2 aliphatic rings. The van der Waals surface area contributed by atoms with E-state index in [0.717, 1.165) is 19.5 Å².